The van der Waals surface area contributed by atoms with Crippen LogP contribution in [0.4, 0.5) is 5.13 Å². The molecule has 0 radical (unpaired) electrons. The van der Waals surface area contributed by atoms with Gasteiger partial charge in [0, 0.05) is 17.2 Å². The van der Waals surface area contributed by atoms with Gasteiger partial charge in [-0.2, -0.15) is 0 Å². The topological polar surface area (TPSA) is 89.0 Å². The normalized spacial score (nSPS) is 17.2. The van der Waals surface area contributed by atoms with Gasteiger partial charge in [-0.1, -0.05) is 53.3 Å². The number of carbonyl (C=O) groups is 2. The summed E-state index contributed by atoms with van der Waals surface area (Å²) in [7, 11) is 3.04. The molecule has 0 unspecified atom stereocenters. The highest BCUT2D eigenvalue weighted by Crippen LogP contribution is 2.47. The second-order valence-electron chi connectivity index (χ2n) is 8.11. The number of Topliss-reactive ketones (excluding diaryl/α,β-unsaturated/α-hetero) is 1. The quantitative estimate of drug-likeness (QED) is 0.236. The fourth-order valence-electron chi connectivity index (χ4n) is 4.20. The van der Waals surface area contributed by atoms with Gasteiger partial charge in [-0.15, -0.1) is 0 Å². The molecule has 176 valence electrons. The number of fused-ring (bicyclic) bond motifs is 1. The summed E-state index contributed by atoms with van der Waals surface area (Å²) < 4.78 is 11.8. The van der Waals surface area contributed by atoms with Crippen molar-refractivity contribution in [2.75, 3.05) is 19.1 Å². The van der Waals surface area contributed by atoms with E-state index in [2.05, 4.69) is 4.98 Å². The van der Waals surface area contributed by atoms with E-state index in [0.717, 1.165) is 10.3 Å². The van der Waals surface area contributed by atoms with Crippen molar-refractivity contribution in [3.05, 3.63) is 89.0 Å². The minimum atomic E-state index is -0.947. The number of aromatic nitrogens is 1. The molecular weight excluding hydrogens is 464 g/mol. The number of anilines is 1. The van der Waals surface area contributed by atoms with Gasteiger partial charge in [-0.05, 0) is 31.2 Å². The molecule has 7 nitrogen and oxygen atoms in total. The number of methoxy groups -OCH3 is 2. The number of nitrogens with zero attached hydrogens (tertiary/aromatic N) is 2. The molecule has 1 aliphatic heterocycles. The van der Waals surface area contributed by atoms with E-state index in [1.54, 1.807) is 37.4 Å². The maximum Gasteiger partial charge on any atom is 0.301 e. The molecule has 1 N–H and O–H groups in total. The van der Waals surface area contributed by atoms with E-state index in [1.165, 1.54) is 23.3 Å². The Labute approximate surface area is 205 Å². The standard InChI is InChI=1S/C27H22N2O5S/c1-15-8-10-16(11-9-15)24(30)22-23(18-13-12-17(33-2)14-20(18)34-3)29(26(32)25(22)31)27-28-19-6-4-5-7-21(19)35-27/h4-14,23,30H,1-3H3/b24-22+/t23-/m1/s1. The molecule has 1 amide bonds. The van der Waals surface area contributed by atoms with Gasteiger partial charge in [-0.3, -0.25) is 14.5 Å². The van der Waals surface area contributed by atoms with Crippen LogP contribution in [0.2, 0.25) is 0 Å². The number of aliphatic hydroxyl groups excluding tert-OH is 1. The van der Waals surface area contributed by atoms with Crippen molar-refractivity contribution in [1.82, 2.24) is 4.98 Å². The lowest BCUT2D eigenvalue weighted by molar-refractivity contribution is -0.132. The van der Waals surface area contributed by atoms with E-state index in [-0.39, 0.29) is 11.3 Å². The summed E-state index contributed by atoms with van der Waals surface area (Å²) in [6.45, 7) is 1.93. The maximum absolute atomic E-state index is 13.4. The highest BCUT2D eigenvalue weighted by Gasteiger charge is 2.49. The van der Waals surface area contributed by atoms with Crippen LogP contribution in [0, 0.1) is 6.92 Å². The number of hydrogen-bond donors (Lipinski definition) is 1. The molecule has 8 heteroatoms. The first-order chi connectivity index (χ1) is 16.9. The lowest BCUT2D eigenvalue weighted by Gasteiger charge is -2.24. The number of aliphatic hydroxyl groups is 1. The van der Waals surface area contributed by atoms with E-state index < -0.39 is 17.7 Å². The highest BCUT2D eigenvalue weighted by molar-refractivity contribution is 7.22. The number of rotatable bonds is 5. The number of carbonyl (C=O) groups excluding carboxylic acids is 2. The minimum Gasteiger partial charge on any atom is -0.507 e. The first-order valence-corrected chi connectivity index (χ1v) is 11.7. The van der Waals surface area contributed by atoms with Crippen LogP contribution in [0.5, 0.6) is 11.5 Å². The summed E-state index contributed by atoms with van der Waals surface area (Å²) in [4.78, 5) is 32.8. The Morgan fingerprint density at radius 2 is 1.74 bits per heavy atom. The van der Waals surface area contributed by atoms with Crippen molar-refractivity contribution in [3.8, 4) is 11.5 Å². The highest BCUT2D eigenvalue weighted by atomic mass is 32.1. The van der Waals surface area contributed by atoms with Gasteiger partial charge >= 0.3 is 5.91 Å². The van der Waals surface area contributed by atoms with Gasteiger partial charge in [0.1, 0.15) is 23.3 Å². The largest absolute Gasteiger partial charge is 0.507 e. The molecule has 0 bridgehead atoms. The SMILES string of the molecule is COc1ccc([C@@H]2/C(=C(\O)c3ccc(C)cc3)C(=O)C(=O)N2c2nc3ccccc3s2)c(OC)c1. The Morgan fingerprint density at radius 1 is 1.00 bits per heavy atom. The number of para-hydroxylation sites is 1. The molecule has 1 fully saturated rings. The van der Waals surface area contributed by atoms with Gasteiger partial charge in [0.2, 0.25) is 0 Å². The number of ether oxygens (including phenoxy) is 2. The van der Waals surface area contributed by atoms with Crippen LogP contribution >= 0.6 is 11.3 Å². The Kier molecular flexibility index (Phi) is 5.74. The molecule has 1 aliphatic rings. The van der Waals surface area contributed by atoms with Crippen molar-refractivity contribution < 1.29 is 24.2 Å². The third-order valence-corrected chi connectivity index (χ3v) is 7.03. The molecule has 1 saturated heterocycles. The van der Waals surface area contributed by atoms with Gasteiger partial charge in [0.15, 0.2) is 5.13 Å². The zero-order valence-corrected chi connectivity index (χ0v) is 20.1. The van der Waals surface area contributed by atoms with Crippen LogP contribution in [-0.4, -0.2) is 36.0 Å². The van der Waals surface area contributed by atoms with Gasteiger partial charge in [0.05, 0.1) is 30.0 Å². The molecule has 35 heavy (non-hydrogen) atoms. The zero-order chi connectivity index (χ0) is 24.7. The summed E-state index contributed by atoms with van der Waals surface area (Å²) in [5.74, 6) is -0.834. The number of aryl methyl sites for hydroxylation is 1. The van der Waals surface area contributed by atoms with Gasteiger partial charge in [0.25, 0.3) is 5.78 Å². The zero-order valence-electron chi connectivity index (χ0n) is 19.3. The lowest BCUT2D eigenvalue weighted by Crippen LogP contribution is -2.29. The molecule has 0 saturated carbocycles. The number of amides is 1. The number of ketones is 1. The minimum absolute atomic E-state index is 0.0263. The molecule has 3 aromatic carbocycles. The van der Waals surface area contributed by atoms with Crippen LogP contribution in [0.3, 0.4) is 0 Å². The summed E-state index contributed by atoms with van der Waals surface area (Å²) in [5, 5.41) is 11.7. The molecule has 2 heterocycles. The van der Waals surface area contributed by atoms with Crippen LogP contribution in [0.1, 0.15) is 22.7 Å². The van der Waals surface area contributed by atoms with Crippen LogP contribution in [-0.2, 0) is 9.59 Å². The number of thiazole rings is 1. The second kappa shape index (κ2) is 8.88. The third kappa shape index (κ3) is 3.81. The predicted molar refractivity (Wildman–Crippen MR) is 135 cm³/mol. The number of hydrogen-bond acceptors (Lipinski definition) is 7. The van der Waals surface area contributed by atoms with E-state index in [0.29, 0.717) is 33.3 Å². The second-order valence-corrected chi connectivity index (χ2v) is 9.12. The fourth-order valence-corrected chi connectivity index (χ4v) is 5.19. The van der Waals surface area contributed by atoms with E-state index in [4.69, 9.17) is 9.47 Å². The van der Waals surface area contributed by atoms with E-state index >= 15 is 0 Å². The average Bonchev–Trinajstić information content (AvgIpc) is 3.42. The Morgan fingerprint density at radius 3 is 2.43 bits per heavy atom. The predicted octanol–water partition coefficient (Wildman–Crippen LogP) is 5.25. The van der Waals surface area contributed by atoms with Gasteiger partial charge in [-0.25, -0.2) is 4.98 Å². The van der Waals surface area contributed by atoms with Crippen molar-refractivity contribution in [3.63, 3.8) is 0 Å². The summed E-state index contributed by atoms with van der Waals surface area (Å²) in [6.07, 6.45) is 0. The molecule has 0 aliphatic carbocycles. The van der Waals surface area contributed by atoms with Crippen LogP contribution in [0.15, 0.2) is 72.3 Å². The fraction of sp³-hybridized carbons (Fsp3) is 0.148. The monoisotopic (exact) mass is 486 g/mol. The van der Waals surface area contributed by atoms with Crippen LogP contribution < -0.4 is 14.4 Å². The molecular formula is C27H22N2O5S. The van der Waals surface area contributed by atoms with E-state index in [9.17, 15) is 14.7 Å². The molecule has 1 atom stereocenters. The van der Waals surface area contributed by atoms with Crippen molar-refractivity contribution in [1.29, 1.82) is 0 Å². The van der Waals surface area contributed by atoms with Crippen molar-refractivity contribution >= 4 is 44.1 Å². The van der Waals surface area contributed by atoms with Crippen LogP contribution in [0.25, 0.3) is 16.0 Å². The molecule has 5 rings (SSSR count). The smallest absolute Gasteiger partial charge is 0.301 e. The van der Waals surface area contributed by atoms with Crippen molar-refractivity contribution in [2.45, 2.75) is 13.0 Å². The van der Waals surface area contributed by atoms with Crippen molar-refractivity contribution in [2.24, 2.45) is 0 Å². The molecule has 0 spiro atoms. The summed E-state index contributed by atoms with van der Waals surface area (Å²) >= 11 is 1.30. The Balaban J connectivity index is 1.77. The Hall–Kier alpha value is -4.17. The maximum atomic E-state index is 13.4. The Bertz CT molecular complexity index is 1460. The van der Waals surface area contributed by atoms with Gasteiger partial charge < -0.3 is 14.6 Å². The average molecular weight is 487 g/mol. The molecule has 4 aromatic rings. The van der Waals surface area contributed by atoms with E-state index in [1.807, 2.05) is 43.3 Å². The first kappa shape index (κ1) is 22.6. The first-order valence-electron chi connectivity index (χ1n) is 10.9. The lowest BCUT2D eigenvalue weighted by atomic mass is 9.94. The summed E-state index contributed by atoms with van der Waals surface area (Å²) in [5.41, 5.74) is 2.66. The molecule has 1 aromatic heterocycles. The number of benzene rings is 3. The third-order valence-electron chi connectivity index (χ3n) is 5.99. The summed E-state index contributed by atoms with van der Waals surface area (Å²) in [6, 6.07) is 18.8.